The third-order valence-electron chi connectivity index (χ3n) is 4.64. The van der Waals surface area contributed by atoms with Gasteiger partial charge in [-0.25, -0.2) is 22.2 Å². The first-order chi connectivity index (χ1) is 12.8. The van der Waals surface area contributed by atoms with Gasteiger partial charge in [0.15, 0.2) is 9.84 Å². The molecule has 0 saturated heterocycles. The number of benzene rings is 2. The molecule has 4 nitrogen and oxygen atoms in total. The number of alkyl halides is 2. The Morgan fingerprint density at radius 2 is 1.89 bits per heavy atom. The largest absolute Gasteiger partial charge is 0.351 e. The summed E-state index contributed by atoms with van der Waals surface area (Å²) in [5.41, 5.74) is 1.07. The summed E-state index contributed by atoms with van der Waals surface area (Å²) in [6.07, 6.45) is -2.59. The van der Waals surface area contributed by atoms with Crippen LogP contribution in [0, 0.1) is 0 Å². The lowest BCUT2D eigenvalue weighted by atomic mass is 10.1. The molecule has 0 spiro atoms. The summed E-state index contributed by atoms with van der Waals surface area (Å²) in [5.74, 6) is 0.482. The minimum absolute atomic E-state index is 0.0360. The van der Waals surface area contributed by atoms with Gasteiger partial charge in [0.25, 0.3) is 6.43 Å². The number of hydrogen-bond donors (Lipinski definition) is 0. The van der Waals surface area contributed by atoms with Crippen molar-refractivity contribution in [2.24, 2.45) is 0 Å². The Kier molecular flexibility index (Phi) is 4.52. The molecule has 8 heteroatoms. The molecule has 27 heavy (non-hydrogen) atoms. The number of halogens is 3. The van der Waals surface area contributed by atoms with Gasteiger partial charge in [0.2, 0.25) is 0 Å². The number of rotatable bonds is 2. The highest BCUT2D eigenvalue weighted by Gasteiger charge is 2.26. The average molecular weight is 409 g/mol. The average Bonchev–Trinajstić information content (AvgIpc) is 2.78. The summed E-state index contributed by atoms with van der Waals surface area (Å²) in [5, 5.41) is 0.749. The molecule has 1 aliphatic heterocycles. The third kappa shape index (κ3) is 3.37. The number of anilines is 1. The van der Waals surface area contributed by atoms with E-state index < -0.39 is 16.3 Å². The van der Waals surface area contributed by atoms with E-state index in [0.717, 1.165) is 0 Å². The summed E-state index contributed by atoms with van der Waals surface area (Å²) >= 11 is 6.33. The van der Waals surface area contributed by atoms with Crippen molar-refractivity contribution in [1.29, 1.82) is 0 Å². The molecule has 3 aromatic rings. The van der Waals surface area contributed by atoms with Crippen LogP contribution in [0.25, 0.3) is 10.9 Å². The number of nitrogens with zero attached hydrogens (tertiary/aromatic N) is 2. The first-order valence-electron chi connectivity index (χ1n) is 8.29. The molecule has 0 fully saturated rings. The van der Waals surface area contributed by atoms with E-state index in [4.69, 9.17) is 11.6 Å². The molecule has 0 radical (unpaired) electrons. The van der Waals surface area contributed by atoms with Crippen molar-refractivity contribution in [3.05, 3.63) is 64.7 Å². The highest BCUT2D eigenvalue weighted by molar-refractivity contribution is 7.91. The van der Waals surface area contributed by atoms with Crippen molar-refractivity contribution in [3.8, 4) is 0 Å². The normalized spacial score (nSPS) is 16.4. The van der Waals surface area contributed by atoms with E-state index in [2.05, 4.69) is 4.98 Å². The number of fused-ring (bicyclic) bond motifs is 2. The molecule has 0 aliphatic carbocycles. The first kappa shape index (κ1) is 18.1. The van der Waals surface area contributed by atoms with Crippen LogP contribution < -0.4 is 4.90 Å². The maximum atomic E-state index is 12.9. The molecule has 0 N–H and O–H groups in total. The number of sulfone groups is 1. The highest BCUT2D eigenvalue weighted by Crippen LogP contribution is 2.32. The predicted octanol–water partition coefficient (Wildman–Crippen LogP) is 4.62. The van der Waals surface area contributed by atoms with Crippen LogP contribution in [-0.2, 0) is 16.4 Å². The van der Waals surface area contributed by atoms with Gasteiger partial charge in [-0.1, -0.05) is 35.9 Å². The Bertz CT molecular complexity index is 1140. The van der Waals surface area contributed by atoms with Gasteiger partial charge in [0, 0.05) is 24.0 Å². The Hall–Kier alpha value is -2.25. The van der Waals surface area contributed by atoms with Crippen molar-refractivity contribution in [1.82, 2.24) is 4.98 Å². The van der Waals surface area contributed by atoms with Crippen LogP contribution in [-0.4, -0.2) is 25.7 Å². The molecule has 0 amide bonds. The Morgan fingerprint density at radius 1 is 1.11 bits per heavy atom. The fraction of sp³-hybridized carbons (Fsp3) is 0.211. The highest BCUT2D eigenvalue weighted by atomic mass is 35.5. The second kappa shape index (κ2) is 6.73. The van der Waals surface area contributed by atoms with Crippen molar-refractivity contribution in [2.75, 3.05) is 17.2 Å². The van der Waals surface area contributed by atoms with Crippen LogP contribution in [0.4, 0.5) is 14.6 Å². The molecule has 1 aliphatic rings. The Balaban J connectivity index is 1.78. The number of pyridine rings is 1. The maximum Gasteiger partial charge on any atom is 0.263 e. The fourth-order valence-corrected chi connectivity index (χ4v) is 4.99. The molecule has 0 unspecified atom stereocenters. The SMILES string of the molecule is O=S1(=O)CCN(c2cc(Cl)c3cc(C(F)F)ccc3n2)Cc2ccccc21. The van der Waals surface area contributed by atoms with E-state index in [1.54, 1.807) is 30.3 Å². The van der Waals surface area contributed by atoms with Crippen LogP contribution in [0.5, 0.6) is 0 Å². The second-order valence-corrected chi connectivity index (χ2v) is 8.87. The van der Waals surface area contributed by atoms with E-state index in [-0.39, 0.29) is 17.9 Å². The Morgan fingerprint density at radius 3 is 2.67 bits per heavy atom. The third-order valence-corrected chi connectivity index (χ3v) is 6.74. The topological polar surface area (TPSA) is 50.3 Å². The van der Waals surface area contributed by atoms with Gasteiger partial charge in [-0.2, -0.15) is 0 Å². The zero-order chi connectivity index (χ0) is 19.2. The first-order valence-corrected chi connectivity index (χ1v) is 10.3. The maximum absolute atomic E-state index is 12.9. The molecule has 0 bridgehead atoms. The zero-order valence-electron chi connectivity index (χ0n) is 14.1. The van der Waals surface area contributed by atoms with Crippen molar-refractivity contribution < 1.29 is 17.2 Å². The minimum atomic E-state index is -3.37. The molecule has 1 aromatic heterocycles. The van der Waals surface area contributed by atoms with Gasteiger partial charge < -0.3 is 4.90 Å². The molecular weight excluding hydrogens is 394 g/mol. The smallest absolute Gasteiger partial charge is 0.263 e. The van der Waals surface area contributed by atoms with E-state index in [9.17, 15) is 17.2 Å². The van der Waals surface area contributed by atoms with E-state index in [1.807, 2.05) is 4.90 Å². The molecule has 140 valence electrons. The summed E-state index contributed by atoms with van der Waals surface area (Å²) in [6.45, 7) is 0.639. The lowest BCUT2D eigenvalue weighted by Crippen LogP contribution is -2.26. The van der Waals surface area contributed by atoms with Crippen LogP contribution in [0.2, 0.25) is 5.02 Å². The molecule has 2 aromatic carbocycles. The molecule has 0 atom stereocenters. The quantitative estimate of drug-likeness (QED) is 0.620. The zero-order valence-corrected chi connectivity index (χ0v) is 15.6. The van der Waals surface area contributed by atoms with E-state index >= 15 is 0 Å². The summed E-state index contributed by atoms with van der Waals surface area (Å²) in [7, 11) is -3.37. The Labute approximate surface area is 160 Å². The van der Waals surface area contributed by atoms with Gasteiger partial charge in [-0.3, -0.25) is 0 Å². The van der Waals surface area contributed by atoms with E-state index in [0.29, 0.717) is 38.7 Å². The van der Waals surface area contributed by atoms with Crippen LogP contribution >= 0.6 is 11.6 Å². The van der Waals surface area contributed by atoms with Crippen LogP contribution in [0.15, 0.2) is 53.4 Å². The lowest BCUT2D eigenvalue weighted by Gasteiger charge is -2.22. The second-order valence-electron chi connectivity index (χ2n) is 6.39. The predicted molar refractivity (Wildman–Crippen MR) is 101 cm³/mol. The molecule has 4 rings (SSSR count). The van der Waals surface area contributed by atoms with Crippen molar-refractivity contribution >= 4 is 38.2 Å². The standard InChI is InChI=1S/C19H15ClF2N2O2S/c20-15-10-18(23-16-6-5-12(19(21)22)9-14(15)16)24-7-8-27(25,26)17-4-2-1-3-13(17)11-24/h1-6,9-10,19H,7-8,11H2. The van der Waals surface area contributed by atoms with Crippen LogP contribution in [0.1, 0.15) is 17.6 Å². The molecule has 0 saturated carbocycles. The van der Waals surface area contributed by atoms with Crippen molar-refractivity contribution in [2.45, 2.75) is 17.9 Å². The molecule has 2 heterocycles. The molecular formula is C19H15ClF2N2O2S. The van der Waals surface area contributed by atoms with Crippen LogP contribution in [0.3, 0.4) is 0 Å². The van der Waals surface area contributed by atoms with Gasteiger partial charge in [-0.05, 0) is 29.8 Å². The minimum Gasteiger partial charge on any atom is -0.351 e. The van der Waals surface area contributed by atoms with Gasteiger partial charge in [-0.15, -0.1) is 0 Å². The van der Waals surface area contributed by atoms with E-state index in [1.165, 1.54) is 18.2 Å². The summed E-state index contributed by atoms with van der Waals surface area (Å²) in [6, 6.07) is 12.7. The summed E-state index contributed by atoms with van der Waals surface area (Å²) < 4.78 is 50.9. The van der Waals surface area contributed by atoms with Gasteiger partial charge in [0.05, 0.1) is 21.2 Å². The number of hydrogen-bond acceptors (Lipinski definition) is 4. The lowest BCUT2D eigenvalue weighted by molar-refractivity contribution is 0.151. The number of aromatic nitrogens is 1. The monoisotopic (exact) mass is 408 g/mol. The van der Waals surface area contributed by atoms with Crippen molar-refractivity contribution in [3.63, 3.8) is 0 Å². The fourth-order valence-electron chi connectivity index (χ4n) is 3.25. The van der Waals surface area contributed by atoms with Gasteiger partial charge in [0.1, 0.15) is 5.82 Å². The summed E-state index contributed by atoms with van der Waals surface area (Å²) in [4.78, 5) is 6.70. The van der Waals surface area contributed by atoms with Gasteiger partial charge >= 0.3 is 0 Å².